The van der Waals surface area contributed by atoms with Gasteiger partial charge in [-0.2, -0.15) is 5.10 Å². The number of nitrogens with two attached hydrogens (primary N) is 1. The summed E-state index contributed by atoms with van der Waals surface area (Å²) in [6, 6.07) is 11.0. The zero-order valence-electron chi connectivity index (χ0n) is 18.5. The molecule has 1 aliphatic carbocycles. The fraction of sp³-hybridized carbons (Fsp3) is 0.154. The van der Waals surface area contributed by atoms with Crippen molar-refractivity contribution in [1.82, 2.24) is 25.1 Å². The van der Waals surface area contributed by atoms with Gasteiger partial charge in [-0.05, 0) is 41.8 Å². The van der Waals surface area contributed by atoms with E-state index in [0.717, 1.165) is 22.0 Å². The lowest BCUT2D eigenvalue weighted by Gasteiger charge is -2.23. The fourth-order valence-corrected chi connectivity index (χ4v) is 4.70. The van der Waals surface area contributed by atoms with E-state index in [9.17, 15) is 13.6 Å². The number of allylic oxidation sites excluding steroid dienone is 2. The number of pyridine rings is 1. The Bertz CT molecular complexity index is 1690. The first-order valence-corrected chi connectivity index (χ1v) is 11.2. The number of nitrogens with one attached hydrogen (secondary N) is 2. The zero-order valence-corrected chi connectivity index (χ0v) is 18.5. The minimum atomic E-state index is -2.74. The molecule has 2 aromatic carbocycles. The summed E-state index contributed by atoms with van der Waals surface area (Å²) in [6.45, 7) is 0. The Balaban J connectivity index is 1.68. The van der Waals surface area contributed by atoms with Gasteiger partial charge in [0.25, 0.3) is 11.5 Å². The highest BCUT2D eigenvalue weighted by Crippen LogP contribution is 2.42. The Kier molecular flexibility index (Phi) is 4.73. The maximum Gasteiger partial charge on any atom is 0.261 e. The Morgan fingerprint density at radius 1 is 1.06 bits per heavy atom. The molecule has 0 saturated heterocycles. The van der Waals surface area contributed by atoms with Gasteiger partial charge in [0.05, 0.1) is 28.3 Å². The summed E-state index contributed by atoms with van der Waals surface area (Å²) in [5, 5.41) is 8.13. The molecule has 5 aromatic rings. The number of fused-ring (bicyclic) bond motifs is 2. The first-order valence-electron chi connectivity index (χ1n) is 11.2. The Hall–Kier alpha value is -4.40. The van der Waals surface area contributed by atoms with Crippen LogP contribution in [-0.4, -0.2) is 31.1 Å². The van der Waals surface area contributed by atoms with E-state index < -0.39 is 11.5 Å². The highest BCUT2D eigenvalue weighted by molar-refractivity contribution is 6.08. The van der Waals surface area contributed by atoms with Gasteiger partial charge in [0.2, 0.25) is 0 Å². The van der Waals surface area contributed by atoms with Crippen LogP contribution in [0.2, 0.25) is 0 Å². The van der Waals surface area contributed by atoms with Crippen LogP contribution < -0.4 is 11.3 Å². The van der Waals surface area contributed by atoms with Crippen LogP contribution in [0.5, 0.6) is 0 Å². The lowest BCUT2D eigenvalue weighted by molar-refractivity contribution is -0.00602. The van der Waals surface area contributed by atoms with E-state index in [2.05, 4.69) is 20.2 Å². The van der Waals surface area contributed by atoms with E-state index in [0.29, 0.717) is 28.0 Å². The summed E-state index contributed by atoms with van der Waals surface area (Å²) >= 11 is 0. The second-order valence-electron chi connectivity index (χ2n) is 8.69. The van der Waals surface area contributed by atoms with Crippen LogP contribution >= 0.6 is 0 Å². The smallest absolute Gasteiger partial charge is 0.261 e. The SMILES string of the molecule is Nc1c(-c2cccc3[nH]ncc23)cc(C2=CCC(F)(F)CC2)c2nc(-c3ccncc3)[nH]c(=O)c12. The predicted octanol–water partition coefficient (Wildman–Crippen LogP) is 5.31. The number of halogens is 2. The predicted molar refractivity (Wildman–Crippen MR) is 132 cm³/mol. The molecular formula is C26H20F2N6O. The van der Waals surface area contributed by atoms with Crippen molar-refractivity contribution >= 4 is 33.1 Å². The standard InChI is InChI=1S/C26H20F2N6O/c27-26(28)8-4-14(5-9-26)17-12-18(16-2-1-3-20-19(16)13-31-34-20)22(29)21-23(17)32-24(33-25(21)35)15-6-10-30-11-7-15/h1-4,6-7,10-13H,5,8-9,29H2,(H,31,34)(H,32,33,35). The number of hydrogen-bond acceptors (Lipinski definition) is 5. The number of aromatic amines is 2. The highest BCUT2D eigenvalue weighted by Gasteiger charge is 2.32. The highest BCUT2D eigenvalue weighted by atomic mass is 19.3. The molecule has 0 bridgehead atoms. The van der Waals surface area contributed by atoms with Crippen molar-refractivity contribution in [3.63, 3.8) is 0 Å². The summed E-state index contributed by atoms with van der Waals surface area (Å²) in [6.07, 6.45) is 6.00. The van der Waals surface area contributed by atoms with E-state index >= 15 is 0 Å². The zero-order chi connectivity index (χ0) is 24.2. The molecule has 0 amide bonds. The van der Waals surface area contributed by atoms with Crippen molar-refractivity contribution < 1.29 is 8.78 Å². The summed E-state index contributed by atoms with van der Waals surface area (Å²) in [7, 11) is 0. The van der Waals surface area contributed by atoms with Gasteiger partial charge in [0.1, 0.15) is 5.82 Å². The molecule has 174 valence electrons. The summed E-state index contributed by atoms with van der Waals surface area (Å²) in [4.78, 5) is 25.0. The van der Waals surface area contributed by atoms with Crippen LogP contribution in [0.3, 0.4) is 0 Å². The van der Waals surface area contributed by atoms with Gasteiger partial charge in [-0.15, -0.1) is 0 Å². The first kappa shape index (κ1) is 21.2. The third-order valence-corrected chi connectivity index (χ3v) is 6.50. The number of H-pyrrole nitrogens is 2. The monoisotopic (exact) mass is 470 g/mol. The molecule has 0 radical (unpaired) electrons. The van der Waals surface area contributed by atoms with Crippen molar-refractivity contribution in [2.24, 2.45) is 0 Å². The molecule has 6 rings (SSSR count). The molecule has 0 saturated carbocycles. The molecule has 3 aromatic heterocycles. The number of nitrogens with zero attached hydrogens (tertiary/aromatic N) is 3. The number of rotatable bonds is 3. The topological polar surface area (TPSA) is 113 Å². The van der Waals surface area contributed by atoms with Gasteiger partial charge < -0.3 is 10.7 Å². The van der Waals surface area contributed by atoms with Crippen LogP contribution in [0.15, 0.2) is 65.9 Å². The molecule has 3 heterocycles. The molecule has 35 heavy (non-hydrogen) atoms. The number of hydrogen-bond donors (Lipinski definition) is 3. The summed E-state index contributed by atoms with van der Waals surface area (Å²) in [5.41, 5.74) is 11.1. The largest absolute Gasteiger partial charge is 0.398 e. The van der Waals surface area contributed by atoms with E-state index in [-0.39, 0.29) is 30.3 Å². The average Bonchev–Trinajstić information content (AvgIpc) is 3.34. The third kappa shape index (κ3) is 3.56. The second kappa shape index (κ2) is 7.83. The molecule has 0 atom stereocenters. The van der Waals surface area contributed by atoms with E-state index in [1.807, 2.05) is 24.3 Å². The van der Waals surface area contributed by atoms with Crippen molar-refractivity contribution in [3.05, 3.63) is 77.0 Å². The molecule has 9 heteroatoms. The third-order valence-electron chi connectivity index (χ3n) is 6.50. The Morgan fingerprint density at radius 3 is 2.66 bits per heavy atom. The van der Waals surface area contributed by atoms with Gasteiger partial charge in [0, 0.05) is 47.3 Å². The van der Waals surface area contributed by atoms with Crippen LogP contribution in [0.4, 0.5) is 14.5 Å². The quantitative estimate of drug-likeness (QED) is 0.309. The normalized spacial score (nSPS) is 15.4. The van der Waals surface area contributed by atoms with Gasteiger partial charge in [-0.25, -0.2) is 13.8 Å². The lowest BCUT2D eigenvalue weighted by Crippen LogP contribution is -2.19. The molecule has 0 unspecified atom stereocenters. The maximum atomic E-state index is 14.0. The molecule has 4 N–H and O–H groups in total. The minimum absolute atomic E-state index is 0.167. The van der Waals surface area contributed by atoms with Gasteiger partial charge in [-0.3, -0.25) is 14.9 Å². The molecule has 7 nitrogen and oxygen atoms in total. The van der Waals surface area contributed by atoms with E-state index in [1.165, 1.54) is 0 Å². The molecule has 0 fully saturated rings. The summed E-state index contributed by atoms with van der Waals surface area (Å²) in [5.74, 6) is -2.39. The van der Waals surface area contributed by atoms with Crippen molar-refractivity contribution in [3.8, 4) is 22.5 Å². The van der Waals surface area contributed by atoms with Crippen molar-refractivity contribution in [1.29, 1.82) is 0 Å². The van der Waals surface area contributed by atoms with Gasteiger partial charge in [0.15, 0.2) is 0 Å². The molecule has 1 aliphatic rings. The molecular weight excluding hydrogens is 450 g/mol. The molecule has 0 spiro atoms. The van der Waals surface area contributed by atoms with Crippen LogP contribution in [-0.2, 0) is 0 Å². The number of alkyl halides is 2. The van der Waals surface area contributed by atoms with Crippen LogP contribution in [0.25, 0.3) is 49.9 Å². The van der Waals surface area contributed by atoms with Crippen molar-refractivity contribution in [2.75, 3.05) is 5.73 Å². The Labute approximate surface area is 197 Å². The first-order chi connectivity index (χ1) is 16.9. The lowest BCUT2D eigenvalue weighted by atomic mass is 9.87. The average molecular weight is 470 g/mol. The second-order valence-corrected chi connectivity index (χ2v) is 8.69. The molecule has 0 aliphatic heterocycles. The maximum absolute atomic E-state index is 14.0. The minimum Gasteiger partial charge on any atom is -0.398 e. The number of benzene rings is 2. The fourth-order valence-electron chi connectivity index (χ4n) is 4.70. The van der Waals surface area contributed by atoms with E-state index in [4.69, 9.17) is 10.7 Å². The summed E-state index contributed by atoms with van der Waals surface area (Å²) < 4.78 is 27.9. The number of anilines is 1. The van der Waals surface area contributed by atoms with Crippen molar-refractivity contribution in [2.45, 2.75) is 25.2 Å². The van der Waals surface area contributed by atoms with E-state index in [1.54, 1.807) is 36.8 Å². The van der Waals surface area contributed by atoms with Crippen LogP contribution in [0, 0.1) is 0 Å². The number of aromatic nitrogens is 5. The van der Waals surface area contributed by atoms with Gasteiger partial charge >= 0.3 is 0 Å². The van der Waals surface area contributed by atoms with Gasteiger partial charge in [-0.1, -0.05) is 18.2 Å². The number of nitrogen functional groups attached to an aromatic ring is 1. The Morgan fingerprint density at radius 2 is 1.89 bits per heavy atom. The van der Waals surface area contributed by atoms with Crippen LogP contribution in [0.1, 0.15) is 24.8 Å².